The molecule has 3 rings (SSSR count). The molecule has 3 aromatic rings. The quantitative estimate of drug-likeness (QED) is 0.593. The van der Waals surface area contributed by atoms with E-state index in [2.05, 4.69) is 99.5 Å². The molecular formula is C24H28N2O. The Kier molecular flexibility index (Phi) is 5.70. The molecule has 0 unspecified atom stereocenters. The second-order valence-electron chi connectivity index (χ2n) is 7.24. The molecule has 0 heterocycles. The molecule has 3 aromatic carbocycles. The van der Waals surface area contributed by atoms with Crippen molar-refractivity contribution in [2.75, 3.05) is 38.0 Å². The molecule has 0 bridgehead atoms. The minimum atomic E-state index is -0.154. The highest BCUT2D eigenvalue weighted by molar-refractivity contribution is 5.50. The maximum atomic E-state index is 6.49. The van der Waals surface area contributed by atoms with Gasteiger partial charge in [0.15, 0.2) is 0 Å². The smallest absolute Gasteiger partial charge is 0.149 e. The summed E-state index contributed by atoms with van der Waals surface area (Å²) >= 11 is 0. The average Bonchev–Trinajstić information content (AvgIpc) is 2.67. The molecule has 0 aromatic heterocycles. The molecule has 0 saturated heterocycles. The van der Waals surface area contributed by atoms with Crippen molar-refractivity contribution in [2.24, 2.45) is 0 Å². The lowest BCUT2D eigenvalue weighted by atomic mass is 10.00. The van der Waals surface area contributed by atoms with Crippen LogP contribution in [0.4, 0.5) is 11.4 Å². The van der Waals surface area contributed by atoms with Gasteiger partial charge in [-0.25, -0.2) is 0 Å². The van der Waals surface area contributed by atoms with E-state index in [1.807, 2.05) is 18.2 Å². The number of ether oxygens (including phenoxy) is 1. The van der Waals surface area contributed by atoms with Crippen LogP contribution in [-0.2, 0) is 0 Å². The van der Waals surface area contributed by atoms with Crippen molar-refractivity contribution in [3.63, 3.8) is 0 Å². The van der Waals surface area contributed by atoms with Crippen molar-refractivity contribution in [1.29, 1.82) is 0 Å². The van der Waals surface area contributed by atoms with E-state index in [0.717, 1.165) is 22.4 Å². The van der Waals surface area contributed by atoms with E-state index in [1.165, 1.54) is 11.4 Å². The normalized spacial score (nSPS) is 10.7. The Bertz CT molecular complexity index is 816. The fourth-order valence-electron chi connectivity index (χ4n) is 3.04. The highest BCUT2D eigenvalue weighted by atomic mass is 16.5. The number of rotatable bonds is 6. The van der Waals surface area contributed by atoms with Crippen LogP contribution >= 0.6 is 0 Å². The van der Waals surface area contributed by atoms with Crippen molar-refractivity contribution in [3.05, 3.63) is 89.5 Å². The minimum absolute atomic E-state index is 0.154. The summed E-state index contributed by atoms with van der Waals surface area (Å²) in [5.74, 6) is 0.913. The first-order chi connectivity index (χ1) is 13.0. The van der Waals surface area contributed by atoms with Crippen molar-refractivity contribution in [1.82, 2.24) is 0 Å². The number of hydrogen-bond donors (Lipinski definition) is 0. The first-order valence-corrected chi connectivity index (χ1v) is 9.22. The standard InChI is InChI=1S/C24H28N2O/c1-18-8-6-7-9-23(18)27-24(19-10-14-21(15-11-19)25(2)3)20-12-16-22(17-13-20)26(4)5/h6-17,24H,1-5H3. The first-order valence-electron chi connectivity index (χ1n) is 9.22. The van der Waals surface area contributed by atoms with Crippen LogP contribution in [-0.4, -0.2) is 28.2 Å². The Labute approximate surface area is 162 Å². The third kappa shape index (κ3) is 4.43. The summed E-state index contributed by atoms with van der Waals surface area (Å²) in [5, 5.41) is 0. The summed E-state index contributed by atoms with van der Waals surface area (Å²) in [7, 11) is 8.21. The molecular weight excluding hydrogens is 332 g/mol. The molecule has 0 atom stereocenters. The van der Waals surface area contributed by atoms with Crippen LogP contribution in [0.3, 0.4) is 0 Å². The third-order valence-electron chi connectivity index (χ3n) is 4.76. The van der Waals surface area contributed by atoms with Gasteiger partial charge in [-0.05, 0) is 53.9 Å². The molecule has 0 spiro atoms. The van der Waals surface area contributed by atoms with Crippen LogP contribution in [0.1, 0.15) is 22.8 Å². The predicted molar refractivity (Wildman–Crippen MR) is 115 cm³/mol. The molecule has 0 amide bonds. The first kappa shape index (κ1) is 18.8. The second-order valence-corrected chi connectivity index (χ2v) is 7.24. The fraction of sp³-hybridized carbons (Fsp3) is 0.250. The fourth-order valence-corrected chi connectivity index (χ4v) is 3.04. The molecule has 0 aliphatic carbocycles. The maximum absolute atomic E-state index is 6.49. The van der Waals surface area contributed by atoms with Crippen molar-refractivity contribution in [2.45, 2.75) is 13.0 Å². The summed E-state index contributed by atoms with van der Waals surface area (Å²) in [6.07, 6.45) is -0.154. The van der Waals surface area contributed by atoms with E-state index in [9.17, 15) is 0 Å². The number of hydrogen-bond acceptors (Lipinski definition) is 3. The average molecular weight is 361 g/mol. The van der Waals surface area contributed by atoms with Gasteiger partial charge >= 0.3 is 0 Å². The van der Waals surface area contributed by atoms with Gasteiger partial charge in [0.05, 0.1) is 0 Å². The Morgan fingerprint density at radius 1 is 0.630 bits per heavy atom. The van der Waals surface area contributed by atoms with Crippen LogP contribution in [0.2, 0.25) is 0 Å². The zero-order chi connectivity index (χ0) is 19.4. The van der Waals surface area contributed by atoms with Gasteiger partial charge in [0.2, 0.25) is 0 Å². The van der Waals surface area contributed by atoms with Gasteiger partial charge < -0.3 is 14.5 Å². The van der Waals surface area contributed by atoms with Crippen LogP contribution in [0.25, 0.3) is 0 Å². The monoisotopic (exact) mass is 360 g/mol. The SMILES string of the molecule is Cc1ccccc1OC(c1ccc(N(C)C)cc1)c1ccc(N(C)C)cc1. The van der Waals surface area contributed by atoms with Gasteiger partial charge in [-0.3, -0.25) is 0 Å². The molecule has 3 nitrogen and oxygen atoms in total. The molecule has 0 radical (unpaired) electrons. The zero-order valence-corrected chi connectivity index (χ0v) is 16.8. The van der Waals surface area contributed by atoms with Gasteiger partial charge in [-0.1, -0.05) is 42.5 Å². The van der Waals surface area contributed by atoms with E-state index in [0.29, 0.717) is 0 Å². The molecule has 3 heteroatoms. The predicted octanol–water partition coefficient (Wildman–Crippen LogP) is 5.30. The molecule has 0 aliphatic rings. The van der Waals surface area contributed by atoms with Gasteiger partial charge in [-0.2, -0.15) is 0 Å². The number of nitrogens with zero attached hydrogens (tertiary/aromatic N) is 2. The highest BCUT2D eigenvalue weighted by Crippen LogP contribution is 2.32. The molecule has 0 N–H and O–H groups in total. The van der Waals surface area contributed by atoms with Crippen LogP contribution < -0.4 is 14.5 Å². The van der Waals surface area contributed by atoms with Crippen molar-refractivity contribution < 1.29 is 4.74 Å². The lowest BCUT2D eigenvalue weighted by Gasteiger charge is -2.23. The summed E-state index contributed by atoms with van der Waals surface area (Å²) < 4.78 is 6.49. The van der Waals surface area contributed by atoms with Gasteiger partial charge in [0, 0.05) is 39.6 Å². The Balaban J connectivity index is 1.99. The highest BCUT2D eigenvalue weighted by Gasteiger charge is 2.17. The molecule has 0 fully saturated rings. The van der Waals surface area contributed by atoms with E-state index < -0.39 is 0 Å². The van der Waals surface area contributed by atoms with E-state index in [4.69, 9.17) is 4.74 Å². The van der Waals surface area contributed by atoms with E-state index in [1.54, 1.807) is 0 Å². The summed E-state index contributed by atoms with van der Waals surface area (Å²) in [5.41, 5.74) is 5.77. The topological polar surface area (TPSA) is 15.7 Å². The van der Waals surface area contributed by atoms with Gasteiger partial charge in [-0.15, -0.1) is 0 Å². The molecule has 27 heavy (non-hydrogen) atoms. The second kappa shape index (κ2) is 8.17. The Morgan fingerprint density at radius 3 is 1.48 bits per heavy atom. The van der Waals surface area contributed by atoms with Crippen LogP contribution in [0, 0.1) is 6.92 Å². The zero-order valence-electron chi connectivity index (χ0n) is 16.8. The molecule has 140 valence electrons. The Morgan fingerprint density at radius 2 is 1.07 bits per heavy atom. The van der Waals surface area contributed by atoms with Crippen LogP contribution in [0.15, 0.2) is 72.8 Å². The van der Waals surface area contributed by atoms with E-state index in [-0.39, 0.29) is 6.10 Å². The largest absolute Gasteiger partial charge is 0.481 e. The maximum Gasteiger partial charge on any atom is 0.149 e. The van der Waals surface area contributed by atoms with E-state index >= 15 is 0 Å². The lowest BCUT2D eigenvalue weighted by molar-refractivity contribution is 0.245. The lowest BCUT2D eigenvalue weighted by Crippen LogP contribution is -2.13. The number of para-hydroxylation sites is 1. The summed E-state index contributed by atoms with van der Waals surface area (Å²) in [6, 6.07) is 25.3. The minimum Gasteiger partial charge on any atom is -0.481 e. The van der Waals surface area contributed by atoms with Gasteiger partial charge in [0.1, 0.15) is 11.9 Å². The number of anilines is 2. The summed E-state index contributed by atoms with van der Waals surface area (Å²) in [6.45, 7) is 2.08. The Hall–Kier alpha value is -2.94. The van der Waals surface area contributed by atoms with Crippen molar-refractivity contribution >= 4 is 11.4 Å². The summed E-state index contributed by atoms with van der Waals surface area (Å²) in [4.78, 5) is 4.21. The molecule has 0 aliphatic heterocycles. The third-order valence-corrected chi connectivity index (χ3v) is 4.76. The molecule has 0 saturated carbocycles. The number of aryl methyl sites for hydroxylation is 1. The van der Waals surface area contributed by atoms with Crippen molar-refractivity contribution in [3.8, 4) is 5.75 Å². The number of benzene rings is 3. The van der Waals surface area contributed by atoms with Crippen LogP contribution in [0.5, 0.6) is 5.75 Å². The van der Waals surface area contributed by atoms with Gasteiger partial charge in [0.25, 0.3) is 0 Å².